The van der Waals surface area contributed by atoms with E-state index in [4.69, 9.17) is 11.6 Å². The maximum absolute atomic E-state index is 13.6. The summed E-state index contributed by atoms with van der Waals surface area (Å²) in [5.74, 6) is -0.735. The molecule has 0 spiro atoms. The van der Waals surface area contributed by atoms with Crippen molar-refractivity contribution in [1.29, 1.82) is 0 Å². The van der Waals surface area contributed by atoms with E-state index in [1.165, 1.54) is 6.07 Å². The molecule has 1 aromatic rings. The number of hydrogen-bond donors (Lipinski definition) is 2. The van der Waals surface area contributed by atoms with Crippen LogP contribution in [0.3, 0.4) is 0 Å². The molecule has 0 saturated heterocycles. The average molecular weight is 295 g/mol. The van der Waals surface area contributed by atoms with Crippen LogP contribution in [0.5, 0.6) is 0 Å². The molecule has 1 rings (SSSR count). The molecule has 7 heteroatoms. The molecule has 0 unspecified atom stereocenters. The Labute approximate surface area is 112 Å². The molecule has 0 amide bonds. The summed E-state index contributed by atoms with van der Waals surface area (Å²) < 4.78 is 39.7. The lowest BCUT2D eigenvalue weighted by Gasteiger charge is -2.10. The van der Waals surface area contributed by atoms with Crippen LogP contribution in [0.4, 0.5) is 4.39 Å². The minimum absolute atomic E-state index is 0.0567. The fourth-order valence-corrected chi connectivity index (χ4v) is 2.78. The number of rotatable bonds is 6. The molecule has 0 aliphatic carbocycles. The average Bonchev–Trinajstić information content (AvgIpc) is 2.32. The third-order valence-electron chi connectivity index (χ3n) is 2.30. The van der Waals surface area contributed by atoms with E-state index in [1.807, 2.05) is 6.92 Å². The van der Waals surface area contributed by atoms with Gasteiger partial charge in [-0.2, -0.15) is 0 Å². The van der Waals surface area contributed by atoms with E-state index in [2.05, 4.69) is 10.0 Å². The van der Waals surface area contributed by atoms with Crippen LogP contribution in [0.1, 0.15) is 18.9 Å². The standard InChI is InChI=1S/C11H16ClFN2O2S/c1-3-4-15-18(16,17)9-5-8(7-14-2)11(12)10(13)6-9/h5-6,14-15H,3-4,7H2,1-2H3. The number of nitrogens with one attached hydrogen (secondary N) is 2. The maximum Gasteiger partial charge on any atom is 0.240 e. The van der Waals surface area contributed by atoms with Crippen molar-refractivity contribution in [2.75, 3.05) is 13.6 Å². The quantitative estimate of drug-likeness (QED) is 0.842. The molecule has 2 N–H and O–H groups in total. The van der Waals surface area contributed by atoms with Gasteiger partial charge in [0, 0.05) is 13.1 Å². The smallest absolute Gasteiger partial charge is 0.240 e. The molecule has 0 aliphatic rings. The Kier molecular flexibility index (Phi) is 5.52. The van der Waals surface area contributed by atoms with Crippen LogP contribution >= 0.6 is 11.6 Å². The van der Waals surface area contributed by atoms with Gasteiger partial charge in [-0.25, -0.2) is 17.5 Å². The van der Waals surface area contributed by atoms with Crippen molar-refractivity contribution in [2.45, 2.75) is 24.8 Å². The molecule has 1 aromatic carbocycles. The Bertz CT molecular complexity index is 520. The molecule has 0 fully saturated rings. The Hall–Kier alpha value is -0.690. The summed E-state index contributed by atoms with van der Waals surface area (Å²) in [6.45, 7) is 2.46. The van der Waals surface area contributed by atoms with Crippen LogP contribution < -0.4 is 10.0 Å². The summed E-state index contributed by atoms with van der Waals surface area (Å²) in [6, 6.07) is 2.30. The summed E-state index contributed by atoms with van der Waals surface area (Å²) in [5, 5.41) is 2.75. The van der Waals surface area contributed by atoms with Gasteiger partial charge in [0.05, 0.1) is 9.92 Å². The van der Waals surface area contributed by atoms with Crippen LogP contribution in [0, 0.1) is 5.82 Å². The molecule has 0 heterocycles. The molecule has 18 heavy (non-hydrogen) atoms. The van der Waals surface area contributed by atoms with E-state index >= 15 is 0 Å². The van der Waals surface area contributed by atoms with Crippen LogP contribution in [0.15, 0.2) is 17.0 Å². The largest absolute Gasteiger partial charge is 0.316 e. The van der Waals surface area contributed by atoms with E-state index in [1.54, 1.807) is 7.05 Å². The second-order valence-corrected chi connectivity index (χ2v) is 5.95. The first-order chi connectivity index (χ1) is 8.42. The van der Waals surface area contributed by atoms with Crippen molar-refractivity contribution in [1.82, 2.24) is 10.0 Å². The number of halogens is 2. The van der Waals surface area contributed by atoms with Crippen molar-refractivity contribution in [3.8, 4) is 0 Å². The van der Waals surface area contributed by atoms with E-state index < -0.39 is 15.8 Å². The van der Waals surface area contributed by atoms with E-state index in [-0.39, 0.29) is 9.92 Å². The first-order valence-electron chi connectivity index (χ1n) is 5.54. The summed E-state index contributed by atoms with van der Waals surface area (Å²) >= 11 is 5.77. The van der Waals surface area contributed by atoms with Gasteiger partial charge < -0.3 is 5.32 Å². The predicted octanol–water partition coefficient (Wildman–Crippen LogP) is 1.89. The molecule has 0 saturated carbocycles. The first-order valence-corrected chi connectivity index (χ1v) is 7.40. The molecule has 0 aromatic heterocycles. The van der Waals surface area contributed by atoms with Gasteiger partial charge in [-0.1, -0.05) is 18.5 Å². The van der Waals surface area contributed by atoms with Gasteiger partial charge in [-0.15, -0.1) is 0 Å². The van der Waals surface area contributed by atoms with Gasteiger partial charge in [0.25, 0.3) is 0 Å². The van der Waals surface area contributed by atoms with E-state index in [9.17, 15) is 12.8 Å². The Morgan fingerprint density at radius 2 is 2.06 bits per heavy atom. The zero-order chi connectivity index (χ0) is 13.8. The summed E-state index contributed by atoms with van der Waals surface area (Å²) in [5.41, 5.74) is 0.413. The predicted molar refractivity (Wildman–Crippen MR) is 69.7 cm³/mol. The van der Waals surface area contributed by atoms with Crippen LogP contribution in [-0.2, 0) is 16.6 Å². The van der Waals surface area contributed by atoms with Crippen molar-refractivity contribution in [2.24, 2.45) is 0 Å². The second-order valence-electron chi connectivity index (χ2n) is 3.81. The van der Waals surface area contributed by atoms with Crippen LogP contribution in [-0.4, -0.2) is 22.0 Å². The monoisotopic (exact) mass is 294 g/mol. The van der Waals surface area contributed by atoms with Crippen LogP contribution in [0.2, 0.25) is 5.02 Å². The third-order valence-corrected chi connectivity index (χ3v) is 4.16. The number of sulfonamides is 1. The molecule has 0 bridgehead atoms. The Morgan fingerprint density at radius 1 is 1.39 bits per heavy atom. The van der Waals surface area contributed by atoms with Crippen LogP contribution in [0.25, 0.3) is 0 Å². The van der Waals surface area contributed by atoms with Crippen molar-refractivity contribution in [3.63, 3.8) is 0 Å². The lowest BCUT2D eigenvalue weighted by atomic mass is 10.2. The fourth-order valence-electron chi connectivity index (χ4n) is 1.41. The SMILES string of the molecule is CCCNS(=O)(=O)c1cc(F)c(Cl)c(CNC)c1. The van der Waals surface area contributed by atoms with E-state index in [0.717, 1.165) is 6.07 Å². The molecule has 0 aliphatic heterocycles. The summed E-state index contributed by atoms with van der Waals surface area (Å²) in [4.78, 5) is -0.108. The Balaban J connectivity index is 3.17. The number of hydrogen-bond acceptors (Lipinski definition) is 3. The summed E-state index contributed by atoms with van der Waals surface area (Å²) in [6.07, 6.45) is 0.665. The van der Waals surface area contributed by atoms with Gasteiger partial charge in [0.15, 0.2) is 0 Å². The lowest BCUT2D eigenvalue weighted by Crippen LogP contribution is -2.24. The van der Waals surface area contributed by atoms with Gasteiger partial charge in [-0.05, 0) is 31.2 Å². The summed E-state index contributed by atoms with van der Waals surface area (Å²) in [7, 11) is -2.01. The fraction of sp³-hybridized carbons (Fsp3) is 0.455. The number of benzene rings is 1. The van der Waals surface area contributed by atoms with E-state index in [0.29, 0.717) is 25.1 Å². The zero-order valence-electron chi connectivity index (χ0n) is 10.3. The normalized spacial score (nSPS) is 11.8. The van der Waals surface area contributed by atoms with Gasteiger partial charge in [-0.3, -0.25) is 0 Å². The highest BCUT2D eigenvalue weighted by Crippen LogP contribution is 2.24. The highest BCUT2D eigenvalue weighted by atomic mass is 35.5. The van der Waals surface area contributed by atoms with Crippen molar-refractivity contribution >= 4 is 21.6 Å². The van der Waals surface area contributed by atoms with Gasteiger partial charge >= 0.3 is 0 Å². The molecule has 0 radical (unpaired) electrons. The highest BCUT2D eigenvalue weighted by molar-refractivity contribution is 7.89. The minimum Gasteiger partial charge on any atom is -0.316 e. The second kappa shape index (κ2) is 6.47. The lowest BCUT2D eigenvalue weighted by molar-refractivity contribution is 0.576. The maximum atomic E-state index is 13.6. The molecule has 0 atom stereocenters. The molecule has 4 nitrogen and oxygen atoms in total. The zero-order valence-corrected chi connectivity index (χ0v) is 11.8. The van der Waals surface area contributed by atoms with Crippen molar-refractivity contribution < 1.29 is 12.8 Å². The Morgan fingerprint density at radius 3 is 2.61 bits per heavy atom. The molecular weight excluding hydrogens is 279 g/mol. The molecular formula is C11H16ClFN2O2S. The van der Waals surface area contributed by atoms with Gasteiger partial charge in [0.2, 0.25) is 10.0 Å². The third kappa shape index (κ3) is 3.65. The van der Waals surface area contributed by atoms with Gasteiger partial charge in [0.1, 0.15) is 5.82 Å². The minimum atomic E-state index is -3.68. The first kappa shape index (κ1) is 15.4. The highest BCUT2D eigenvalue weighted by Gasteiger charge is 2.18. The topological polar surface area (TPSA) is 58.2 Å². The van der Waals surface area contributed by atoms with Crippen molar-refractivity contribution in [3.05, 3.63) is 28.5 Å². The molecule has 102 valence electrons.